The molecule has 1 fully saturated rings. The molecule has 0 amide bonds. The fourth-order valence-electron chi connectivity index (χ4n) is 2.90. The Morgan fingerprint density at radius 2 is 2.06 bits per heavy atom. The zero-order chi connectivity index (χ0) is 13.0. The van der Waals surface area contributed by atoms with E-state index in [0.29, 0.717) is 11.7 Å². The second-order valence-electron chi connectivity index (χ2n) is 5.61. The van der Waals surface area contributed by atoms with Crippen molar-refractivity contribution in [1.29, 1.82) is 0 Å². The molecule has 18 heavy (non-hydrogen) atoms. The summed E-state index contributed by atoms with van der Waals surface area (Å²) >= 11 is 0. The summed E-state index contributed by atoms with van der Waals surface area (Å²) in [5, 5.41) is 3.40. The van der Waals surface area contributed by atoms with E-state index in [2.05, 4.69) is 12.2 Å². The number of hydrogen-bond donors (Lipinski definition) is 1. The van der Waals surface area contributed by atoms with Crippen molar-refractivity contribution in [3.63, 3.8) is 0 Å². The number of rotatable bonds is 3. The number of aryl methyl sites for hydroxylation is 1. The van der Waals surface area contributed by atoms with Crippen LogP contribution in [0.2, 0.25) is 0 Å². The quantitative estimate of drug-likeness (QED) is 0.751. The van der Waals surface area contributed by atoms with E-state index in [-0.39, 0.29) is 5.82 Å². The highest BCUT2D eigenvalue weighted by atomic mass is 19.1. The predicted molar refractivity (Wildman–Crippen MR) is 75.4 cm³/mol. The highest BCUT2D eigenvalue weighted by Gasteiger charge is 2.18. The number of halogens is 1. The monoisotopic (exact) mass is 249 g/mol. The minimum absolute atomic E-state index is 0.128. The molecule has 2 atom stereocenters. The van der Waals surface area contributed by atoms with Crippen LogP contribution in [0.25, 0.3) is 0 Å². The molecule has 1 nitrogen and oxygen atoms in total. The average molecular weight is 249 g/mol. The van der Waals surface area contributed by atoms with Gasteiger partial charge in [-0.2, -0.15) is 0 Å². The van der Waals surface area contributed by atoms with E-state index in [1.807, 2.05) is 19.1 Å². The standard InChI is InChI=1S/C16H24FN/c1-3-13-5-4-6-14(9-8-13)18-16-11-12(2)7-10-15(16)17/h7,10-11,13-14,18H,3-6,8-9H2,1-2H3. The molecule has 100 valence electrons. The minimum Gasteiger partial charge on any atom is -0.380 e. The van der Waals surface area contributed by atoms with E-state index in [1.165, 1.54) is 38.5 Å². The topological polar surface area (TPSA) is 12.0 Å². The third-order valence-electron chi connectivity index (χ3n) is 4.15. The highest BCUT2D eigenvalue weighted by Crippen LogP contribution is 2.28. The van der Waals surface area contributed by atoms with Crippen LogP contribution >= 0.6 is 0 Å². The van der Waals surface area contributed by atoms with Crippen LogP contribution < -0.4 is 5.32 Å². The zero-order valence-electron chi connectivity index (χ0n) is 11.5. The fourth-order valence-corrected chi connectivity index (χ4v) is 2.90. The van der Waals surface area contributed by atoms with Crippen LogP contribution in [0, 0.1) is 18.7 Å². The molecule has 1 N–H and O–H groups in total. The van der Waals surface area contributed by atoms with Crippen molar-refractivity contribution in [2.75, 3.05) is 5.32 Å². The summed E-state index contributed by atoms with van der Waals surface area (Å²) in [6.45, 7) is 4.28. The Labute approximate surface area is 110 Å². The fraction of sp³-hybridized carbons (Fsp3) is 0.625. The van der Waals surface area contributed by atoms with Crippen LogP contribution in [0.1, 0.15) is 51.0 Å². The summed E-state index contributed by atoms with van der Waals surface area (Å²) < 4.78 is 13.7. The number of hydrogen-bond acceptors (Lipinski definition) is 1. The molecule has 0 radical (unpaired) electrons. The van der Waals surface area contributed by atoms with Gasteiger partial charge in [0.25, 0.3) is 0 Å². The zero-order valence-corrected chi connectivity index (χ0v) is 11.5. The second-order valence-corrected chi connectivity index (χ2v) is 5.61. The smallest absolute Gasteiger partial charge is 0.146 e. The third-order valence-corrected chi connectivity index (χ3v) is 4.15. The molecule has 1 aliphatic carbocycles. The lowest BCUT2D eigenvalue weighted by atomic mass is 9.98. The van der Waals surface area contributed by atoms with Gasteiger partial charge in [-0.15, -0.1) is 0 Å². The lowest BCUT2D eigenvalue weighted by molar-refractivity contribution is 0.444. The van der Waals surface area contributed by atoms with Crippen molar-refractivity contribution in [3.05, 3.63) is 29.6 Å². The summed E-state index contributed by atoms with van der Waals surface area (Å²) in [4.78, 5) is 0. The Kier molecular flexibility index (Phi) is 4.62. The van der Waals surface area contributed by atoms with Crippen LogP contribution in [0.3, 0.4) is 0 Å². The van der Waals surface area contributed by atoms with E-state index < -0.39 is 0 Å². The summed E-state index contributed by atoms with van der Waals surface area (Å²) in [5.74, 6) is 0.746. The lowest BCUT2D eigenvalue weighted by Gasteiger charge is -2.18. The van der Waals surface area contributed by atoms with Crippen LogP contribution in [-0.2, 0) is 0 Å². The Morgan fingerprint density at radius 3 is 2.83 bits per heavy atom. The molecule has 2 heteroatoms. The van der Waals surface area contributed by atoms with Gasteiger partial charge in [0.05, 0.1) is 5.69 Å². The van der Waals surface area contributed by atoms with Gasteiger partial charge in [-0.25, -0.2) is 4.39 Å². The Morgan fingerprint density at radius 1 is 1.22 bits per heavy atom. The van der Waals surface area contributed by atoms with Crippen molar-refractivity contribution in [2.45, 2.75) is 58.4 Å². The average Bonchev–Trinajstić information content (AvgIpc) is 2.59. The van der Waals surface area contributed by atoms with Gasteiger partial charge in [-0.3, -0.25) is 0 Å². The molecule has 1 aromatic rings. The van der Waals surface area contributed by atoms with Gasteiger partial charge in [0.2, 0.25) is 0 Å². The van der Waals surface area contributed by atoms with Crippen molar-refractivity contribution in [2.24, 2.45) is 5.92 Å². The Balaban J connectivity index is 1.98. The molecule has 2 unspecified atom stereocenters. The summed E-state index contributed by atoms with van der Waals surface area (Å²) in [6, 6.07) is 5.74. The maximum absolute atomic E-state index is 13.7. The molecular formula is C16H24FN. The Hall–Kier alpha value is -1.05. The first-order valence-corrected chi connectivity index (χ1v) is 7.21. The summed E-state index contributed by atoms with van der Waals surface area (Å²) in [5.41, 5.74) is 1.79. The molecule has 0 aromatic heterocycles. The molecule has 0 bridgehead atoms. The van der Waals surface area contributed by atoms with Crippen LogP contribution in [0.4, 0.5) is 10.1 Å². The normalized spacial score (nSPS) is 24.6. The first kappa shape index (κ1) is 13.4. The van der Waals surface area contributed by atoms with Crippen LogP contribution in [0.15, 0.2) is 18.2 Å². The Bertz CT molecular complexity index is 389. The van der Waals surface area contributed by atoms with Gasteiger partial charge in [0.15, 0.2) is 0 Å². The highest BCUT2D eigenvalue weighted by molar-refractivity contribution is 5.47. The molecule has 2 rings (SSSR count). The molecule has 0 saturated heterocycles. The lowest BCUT2D eigenvalue weighted by Crippen LogP contribution is -2.19. The van der Waals surface area contributed by atoms with Crippen molar-refractivity contribution in [3.8, 4) is 0 Å². The number of nitrogens with one attached hydrogen (secondary N) is 1. The molecule has 1 saturated carbocycles. The largest absolute Gasteiger partial charge is 0.380 e. The molecule has 0 aliphatic heterocycles. The van der Waals surface area contributed by atoms with Gasteiger partial charge in [0.1, 0.15) is 5.82 Å². The SMILES string of the molecule is CCC1CCCC(Nc2cc(C)ccc2F)CC1. The van der Waals surface area contributed by atoms with Gasteiger partial charge < -0.3 is 5.32 Å². The minimum atomic E-state index is -0.128. The molecular weight excluding hydrogens is 225 g/mol. The maximum Gasteiger partial charge on any atom is 0.146 e. The van der Waals surface area contributed by atoms with Gasteiger partial charge in [-0.05, 0) is 49.8 Å². The van der Waals surface area contributed by atoms with E-state index in [9.17, 15) is 4.39 Å². The number of benzene rings is 1. The molecule has 0 heterocycles. The van der Waals surface area contributed by atoms with E-state index in [0.717, 1.165) is 11.5 Å². The van der Waals surface area contributed by atoms with Crippen LogP contribution in [0.5, 0.6) is 0 Å². The first-order chi connectivity index (χ1) is 8.69. The molecule has 1 aromatic carbocycles. The van der Waals surface area contributed by atoms with Crippen LogP contribution in [-0.4, -0.2) is 6.04 Å². The van der Waals surface area contributed by atoms with E-state index >= 15 is 0 Å². The summed E-state index contributed by atoms with van der Waals surface area (Å²) in [7, 11) is 0. The number of anilines is 1. The van der Waals surface area contributed by atoms with Crippen molar-refractivity contribution >= 4 is 5.69 Å². The molecule has 1 aliphatic rings. The third kappa shape index (κ3) is 3.47. The summed E-state index contributed by atoms with van der Waals surface area (Å²) in [6.07, 6.45) is 7.51. The molecule has 0 spiro atoms. The van der Waals surface area contributed by atoms with Gasteiger partial charge >= 0.3 is 0 Å². The van der Waals surface area contributed by atoms with E-state index in [1.54, 1.807) is 6.07 Å². The predicted octanol–water partition coefficient (Wildman–Crippen LogP) is 4.90. The van der Waals surface area contributed by atoms with Crippen molar-refractivity contribution < 1.29 is 4.39 Å². The second kappa shape index (κ2) is 6.21. The van der Waals surface area contributed by atoms with E-state index in [4.69, 9.17) is 0 Å². The van der Waals surface area contributed by atoms with Crippen molar-refractivity contribution in [1.82, 2.24) is 0 Å². The van der Waals surface area contributed by atoms with Gasteiger partial charge in [0, 0.05) is 6.04 Å². The maximum atomic E-state index is 13.7. The first-order valence-electron chi connectivity index (χ1n) is 7.21. The van der Waals surface area contributed by atoms with Gasteiger partial charge in [-0.1, -0.05) is 32.3 Å².